The Morgan fingerprint density at radius 3 is 2.28 bits per heavy atom. The molecule has 0 aromatic heterocycles. The lowest BCUT2D eigenvalue weighted by molar-refractivity contribution is -0.119. The van der Waals surface area contributed by atoms with Gasteiger partial charge in [0.25, 0.3) is 0 Å². The second-order valence-electron chi connectivity index (χ2n) is 7.37. The van der Waals surface area contributed by atoms with Gasteiger partial charge in [0.05, 0.1) is 0 Å². The molecule has 106 valence electrons. The van der Waals surface area contributed by atoms with Crippen molar-refractivity contribution in [1.82, 2.24) is 0 Å². The first-order valence-electron chi connectivity index (χ1n) is 7.31. The van der Waals surface area contributed by atoms with Crippen molar-refractivity contribution in [3.05, 3.63) is 0 Å². The molecule has 0 aromatic rings. The SMILES string of the molecule is CC(=O)C[C@@H]1CCCC[C@H]1O[Si](C)(C)C(C)(C)C. The lowest BCUT2D eigenvalue weighted by atomic mass is 9.83. The monoisotopic (exact) mass is 270 g/mol. The van der Waals surface area contributed by atoms with Crippen LogP contribution in [-0.2, 0) is 9.22 Å². The number of hydrogen-bond acceptors (Lipinski definition) is 2. The number of carbonyl (C=O) groups is 1. The molecule has 0 bridgehead atoms. The maximum Gasteiger partial charge on any atom is 0.192 e. The minimum atomic E-state index is -1.70. The Morgan fingerprint density at radius 2 is 1.78 bits per heavy atom. The predicted molar refractivity (Wildman–Crippen MR) is 79.3 cm³/mol. The van der Waals surface area contributed by atoms with Crippen molar-refractivity contribution in [2.75, 3.05) is 0 Å². The third-order valence-corrected chi connectivity index (χ3v) is 9.15. The molecule has 0 saturated heterocycles. The molecule has 1 saturated carbocycles. The van der Waals surface area contributed by atoms with Crippen molar-refractivity contribution in [3.63, 3.8) is 0 Å². The van der Waals surface area contributed by atoms with E-state index in [-0.39, 0.29) is 5.04 Å². The number of carbonyl (C=O) groups excluding carboxylic acids is 1. The molecular formula is C15H30O2Si. The van der Waals surface area contributed by atoms with E-state index in [4.69, 9.17) is 4.43 Å². The van der Waals surface area contributed by atoms with E-state index in [0.717, 1.165) is 6.42 Å². The van der Waals surface area contributed by atoms with Crippen LogP contribution in [0.5, 0.6) is 0 Å². The predicted octanol–water partition coefficient (Wildman–Crippen LogP) is 4.55. The average molecular weight is 270 g/mol. The summed E-state index contributed by atoms with van der Waals surface area (Å²) in [6.07, 6.45) is 5.86. The molecule has 0 N–H and O–H groups in total. The molecule has 18 heavy (non-hydrogen) atoms. The summed E-state index contributed by atoms with van der Waals surface area (Å²) in [6, 6.07) is 0. The fourth-order valence-corrected chi connectivity index (χ4v) is 3.91. The van der Waals surface area contributed by atoms with Crippen molar-refractivity contribution in [2.45, 2.75) is 84.0 Å². The van der Waals surface area contributed by atoms with Gasteiger partial charge in [0.2, 0.25) is 0 Å². The summed E-state index contributed by atoms with van der Waals surface area (Å²) in [5, 5.41) is 0.255. The van der Waals surface area contributed by atoms with E-state index < -0.39 is 8.32 Å². The molecule has 1 aliphatic carbocycles. The molecule has 1 rings (SSSR count). The number of Topliss-reactive ketones (excluding diaryl/α,β-unsaturated/α-hetero) is 1. The van der Waals surface area contributed by atoms with Gasteiger partial charge in [-0.05, 0) is 43.8 Å². The first-order chi connectivity index (χ1) is 8.13. The summed E-state index contributed by atoms with van der Waals surface area (Å²) in [5.41, 5.74) is 0. The van der Waals surface area contributed by atoms with Gasteiger partial charge in [-0.3, -0.25) is 0 Å². The highest BCUT2D eigenvalue weighted by atomic mass is 28.4. The largest absolute Gasteiger partial charge is 0.414 e. The molecule has 0 amide bonds. The minimum Gasteiger partial charge on any atom is -0.414 e. The van der Waals surface area contributed by atoms with E-state index in [0.29, 0.717) is 24.2 Å². The molecule has 0 aromatic carbocycles. The van der Waals surface area contributed by atoms with Crippen LogP contribution < -0.4 is 0 Å². The Morgan fingerprint density at radius 1 is 1.22 bits per heavy atom. The Hall–Kier alpha value is -0.153. The summed E-state index contributed by atoms with van der Waals surface area (Å²) in [6.45, 7) is 13.2. The maximum absolute atomic E-state index is 11.4. The zero-order valence-electron chi connectivity index (χ0n) is 13.0. The fraction of sp³-hybridized carbons (Fsp3) is 0.933. The van der Waals surface area contributed by atoms with Gasteiger partial charge in [-0.1, -0.05) is 33.6 Å². The van der Waals surface area contributed by atoms with Gasteiger partial charge in [-0.15, -0.1) is 0 Å². The summed E-state index contributed by atoms with van der Waals surface area (Å²) in [7, 11) is -1.70. The molecule has 0 spiro atoms. The van der Waals surface area contributed by atoms with Crippen LogP contribution in [-0.4, -0.2) is 20.2 Å². The van der Waals surface area contributed by atoms with Gasteiger partial charge in [0, 0.05) is 12.5 Å². The van der Waals surface area contributed by atoms with Crippen molar-refractivity contribution in [2.24, 2.45) is 5.92 Å². The fourth-order valence-electron chi connectivity index (χ4n) is 2.49. The number of ketones is 1. The van der Waals surface area contributed by atoms with E-state index in [9.17, 15) is 4.79 Å². The lowest BCUT2D eigenvalue weighted by Gasteiger charge is -2.43. The lowest BCUT2D eigenvalue weighted by Crippen LogP contribution is -2.46. The van der Waals surface area contributed by atoms with Crippen LogP contribution in [0.15, 0.2) is 0 Å². The topological polar surface area (TPSA) is 26.3 Å². The Balaban J connectivity index is 2.70. The number of rotatable bonds is 4. The number of hydrogen-bond donors (Lipinski definition) is 0. The molecule has 2 atom stereocenters. The van der Waals surface area contributed by atoms with Gasteiger partial charge in [-0.2, -0.15) is 0 Å². The van der Waals surface area contributed by atoms with E-state index in [1.54, 1.807) is 6.92 Å². The van der Waals surface area contributed by atoms with Crippen LogP contribution in [0.3, 0.4) is 0 Å². The third-order valence-electron chi connectivity index (χ3n) is 4.64. The zero-order chi connectivity index (χ0) is 14.0. The second kappa shape index (κ2) is 5.87. The average Bonchev–Trinajstić information content (AvgIpc) is 2.18. The summed E-state index contributed by atoms with van der Waals surface area (Å²) >= 11 is 0. The van der Waals surface area contributed by atoms with E-state index in [2.05, 4.69) is 33.9 Å². The van der Waals surface area contributed by atoms with Crippen molar-refractivity contribution >= 4 is 14.1 Å². The second-order valence-corrected chi connectivity index (χ2v) is 12.1. The van der Waals surface area contributed by atoms with Gasteiger partial charge >= 0.3 is 0 Å². The first kappa shape index (κ1) is 15.9. The zero-order valence-corrected chi connectivity index (χ0v) is 14.0. The summed E-state index contributed by atoms with van der Waals surface area (Å²) in [5.74, 6) is 0.774. The molecular weight excluding hydrogens is 240 g/mol. The molecule has 0 unspecified atom stereocenters. The van der Waals surface area contributed by atoms with Gasteiger partial charge in [-0.25, -0.2) is 0 Å². The van der Waals surface area contributed by atoms with Crippen molar-refractivity contribution in [1.29, 1.82) is 0 Å². The standard InChI is InChI=1S/C15H30O2Si/c1-12(16)11-13-9-7-8-10-14(13)17-18(5,6)15(2,3)4/h13-14H,7-11H2,1-6H3/t13-,14+/m0/s1. The third kappa shape index (κ3) is 4.20. The molecule has 2 nitrogen and oxygen atoms in total. The highest BCUT2D eigenvalue weighted by Crippen LogP contribution is 2.40. The van der Waals surface area contributed by atoms with E-state index in [1.807, 2.05) is 0 Å². The molecule has 1 aliphatic rings. The van der Waals surface area contributed by atoms with Crippen molar-refractivity contribution in [3.8, 4) is 0 Å². The summed E-state index contributed by atoms with van der Waals surface area (Å²) < 4.78 is 6.54. The molecule has 3 heteroatoms. The smallest absolute Gasteiger partial charge is 0.192 e. The molecule has 0 radical (unpaired) electrons. The quantitative estimate of drug-likeness (QED) is 0.701. The summed E-state index contributed by atoms with van der Waals surface area (Å²) in [4.78, 5) is 11.4. The van der Waals surface area contributed by atoms with E-state index >= 15 is 0 Å². The Bertz CT molecular complexity index is 291. The highest BCUT2D eigenvalue weighted by Gasteiger charge is 2.41. The van der Waals surface area contributed by atoms with Crippen LogP contribution in [0, 0.1) is 5.92 Å². The van der Waals surface area contributed by atoms with Crippen LogP contribution >= 0.6 is 0 Å². The van der Waals surface area contributed by atoms with Gasteiger partial charge in [0.1, 0.15) is 5.78 Å². The first-order valence-corrected chi connectivity index (χ1v) is 10.2. The van der Waals surface area contributed by atoms with Gasteiger partial charge < -0.3 is 9.22 Å². The normalized spacial score (nSPS) is 26.1. The Labute approximate surface area is 114 Å². The van der Waals surface area contributed by atoms with Crippen molar-refractivity contribution < 1.29 is 9.22 Å². The molecule has 0 aliphatic heterocycles. The minimum absolute atomic E-state index is 0.255. The van der Waals surface area contributed by atoms with Crippen LogP contribution in [0.2, 0.25) is 18.1 Å². The molecule has 0 heterocycles. The highest BCUT2D eigenvalue weighted by molar-refractivity contribution is 6.74. The molecule has 1 fully saturated rings. The maximum atomic E-state index is 11.4. The van der Waals surface area contributed by atoms with Gasteiger partial charge in [0.15, 0.2) is 8.32 Å². The van der Waals surface area contributed by atoms with Crippen LogP contribution in [0.25, 0.3) is 0 Å². The van der Waals surface area contributed by atoms with Crippen LogP contribution in [0.1, 0.15) is 59.8 Å². The Kier molecular flexibility index (Phi) is 5.19. The van der Waals surface area contributed by atoms with Crippen LogP contribution in [0.4, 0.5) is 0 Å². The van der Waals surface area contributed by atoms with E-state index in [1.165, 1.54) is 19.3 Å².